The molecule has 140 valence electrons. The number of halogens is 2. The largest absolute Gasteiger partial charge is 0.387 e. The molecule has 0 bridgehead atoms. The van der Waals surface area contributed by atoms with E-state index >= 15 is 0 Å². The maximum absolute atomic E-state index is 14.0. The molecular weight excluding hydrogens is 336 g/mol. The molecule has 6 heteroatoms. The van der Waals surface area contributed by atoms with Gasteiger partial charge in [-0.05, 0) is 57.2 Å². The van der Waals surface area contributed by atoms with Gasteiger partial charge in [0.25, 0.3) is 0 Å². The average molecular weight is 361 g/mol. The molecule has 2 atom stereocenters. The number of hydrogen-bond donors (Lipinski definition) is 1. The van der Waals surface area contributed by atoms with Crippen LogP contribution in [0.5, 0.6) is 0 Å². The standard InChI is InChI=1S/C20H25F2N3O/c1-24-16-9-3-2-8-15(16)23-20(24)17-10-5-11-25(17)12-18(26)19-13(21)6-4-7-14(19)22/h4,6-7,17-18,26H,2-3,5,8-12H2,1H3/t17-,18+/m1/s1. The number of aliphatic hydroxyl groups is 1. The zero-order valence-corrected chi connectivity index (χ0v) is 15.1. The summed E-state index contributed by atoms with van der Waals surface area (Å²) in [7, 11) is 2.07. The van der Waals surface area contributed by atoms with Crippen molar-refractivity contribution in [3.05, 3.63) is 52.6 Å². The number of fused-ring (bicyclic) bond motifs is 1. The summed E-state index contributed by atoms with van der Waals surface area (Å²) < 4.78 is 30.2. The molecule has 2 aromatic rings. The van der Waals surface area contributed by atoms with Gasteiger partial charge in [0, 0.05) is 19.3 Å². The Kier molecular flexibility index (Phi) is 4.80. The summed E-state index contributed by atoms with van der Waals surface area (Å²) >= 11 is 0. The number of likely N-dealkylation sites (tertiary alicyclic amines) is 1. The molecule has 0 unspecified atom stereocenters. The number of hydrogen-bond acceptors (Lipinski definition) is 3. The number of nitrogens with zero attached hydrogens (tertiary/aromatic N) is 3. The van der Waals surface area contributed by atoms with Crippen LogP contribution in [0.25, 0.3) is 0 Å². The topological polar surface area (TPSA) is 41.3 Å². The van der Waals surface area contributed by atoms with E-state index in [2.05, 4.69) is 16.5 Å². The van der Waals surface area contributed by atoms with Gasteiger partial charge in [-0.15, -0.1) is 0 Å². The number of aryl methyl sites for hydroxylation is 1. The van der Waals surface area contributed by atoms with Gasteiger partial charge in [0.15, 0.2) is 0 Å². The minimum atomic E-state index is -1.19. The first-order valence-electron chi connectivity index (χ1n) is 9.46. The summed E-state index contributed by atoms with van der Waals surface area (Å²) in [4.78, 5) is 7.00. The Labute approximate surface area is 152 Å². The fourth-order valence-electron chi connectivity index (χ4n) is 4.48. The van der Waals surface area contributed by atoms with Crippen molar-refractivity contribution in [1.29, 1.82) is 0 Å². The minimum absolute atomic E-state index is 0.0927. The van der Waals surface area contributed by atoms with Gasteiger partial charge in [-0.25, -0.2) is 13.8 Å². The third kappa shape index (κ3) is 3.05. The Hall–Kier alpha value is -1.79. The second-order valence-corrected chi connectivity index (χ2v) is 7.43. The summed E-state index contributed by atoms with van der Waals surface area (Å²) in [6, 6.07) is 3.79. The van der Waals surface area contributed by atoms with Gasteiger partial charge in [-0.2, -0.15) is 0 Å². The molecule has 1 aliphatic carbocycles. The van der Waals surface area contributed by atoms with Gasteiger partial charge in [0.05, 0.1) is 23.4 Å². The monoisotopic (exact) mass is 361 g/mol. The lowest BCUT2D eigenvalue weighted by molar-refractivity contribution is 0.0975. The van der Waals surface area contributed by atoms with Crippen LogP contribution in [0.1, 0.15) is 60.6 Å². The van der Waals surface area contributed by atoms with E-state index in [1.807, 2.05) is 0 Å². The van der Waals surface area contributed by atoms with Crippen molar-refractivity contribution in [2.75, 3.05) is 13.1 Å². The molecule has 2 aliphatic rings. The molecule has 1 N–H and O–H groups in total. The second kappa shape index (κ2) is 7.08. The lowest BCUT2D eigenvalue weighted by Gasteiger charge is -2.27. The average Bonchev–Trinajstić information content (AvgIpc) is 3.19. The third-order valence-corrected chi connectivity index (χ3v) is 5.81. The maximum Gasteiger partial charge on any atom is 0.131 e. The van der Waals surface area contributed by atoms with Crippen LogP contribution in [-0.2, 0) is 19.9 Å². The molecule has 4 nitrogen and oxygen atoms in total. The molecule has 1 aromatic heterocycles. The summed E-state index contributed by atoms with van der Waals surface area (Å²) in [5, 5.41) is 10.5. The van der Waals surface area contributed by atoms with Crippen LogP contribution in [0.15, 0.2) is 18.2 Å². The van der Waals surface area contributed by atoms with E-state index < -0.39 is 17.7 Å². The number of benzene rings is 1. The smallest absolute Gasteiger partial charge is 0.131 e. The van der Waals surface area contributed by atoms with Crippen LogP contribution in [0.3, 0.4) is 0 Å². The number of aromatic nitrogens is 2. The van der Waals surface area contributed by atoms with Crippen LogP contribution >= 0.6 is 0 Å². The minimum Gasteiger partial charge on any atom is -0.387 e. The first-order valence-corrected chi connectivity index (χ1v) is 9.46. The Morgan fingerprint density at radius 2 is 1.92 bits per heavy atom. The molecule has 2 heterocycles. The van der Waals surface area contributed by atoms with Gasteiger partial charge in [0.1, 0.15) is 17.5 Å². The van der Waals surface area contributed by atoms with E-state index in [0.29, 0.717) is 0 Å². The van der Waals surface area contributed by atoms with Crippen molar-refractivity contribution in [3.8, 4) is 0 Å². The van der Waals surface area contributed by atoms with Gasteiger partial charge >= 0.3 is 0 Å². The Balaban J connectivity index is 1.57. The summed E-state index contributed by atoms with van der Waals surface area (Å²) in [6.07, 6.45) is 5.24. The van der Waals surface area contributed by atoms with Crippen molar-refractivity contribution < 1.29 is 13.9 Å². The van der Waals surface area contributed by atoms with E-state index in [4.69, 9.17) is 4.98 Å². The van der Waals surface area contributed by atoms with Crippen LogP contribution in [-0.4, -0.2) is 32.6 Å². The summed E-state index contributed by atoms with van der Waals surface area (Å²) in [5.74, 6) is -0.364. The number of imidazole rings is 1. The van der Waals surface area contributed by atoms with Gasteiger partial charge in [0.2, 0.25) is 0 Å². The SMILES string of the molecule is Cn1c([C@H]2CCCN2C[C@H](O)c2c(F)cccc2F)nc2c1CCCC2. The van der Waals surface area contributed by atoms with Gasteiger partial charge in [-0.1, -0.05) is 6.07 Å². The number of rotatable bonds is 4. The number of aliphatic hydroxyl groups excluding tert-OH is 1. The molecule has 0 radical (unpaired) electrons. The Bertz CT molecular complexity index is 784. The van der Waals surface area contributed by atoms with Crippen LogP contribution in [0, 0.1) is 11.6 Å². The maximum atomic E-state index is 14.0. The van der Waals surface area contributed by atoms with Crippen molar-refractivity contribution in [1.82, 2.24) is 14.5 Å². The fourth-order valence-corrected chi connectivity index (χ4v) is 4.48. The van der Waals surface area contributed by atoms with Crippen molar-refractivity contribution in [2.45, 2.75) is 50.7 Å². The van der Waals surface area contributed by atoms with Gasteiger partial charge < -0.3 is 9.67 Å². The van der Waals surface area contributed by atoms with Crippen LogP contribution < -0.4 is 0 Å². The third-order valence-electron chi connectivity index (χ3n) is 5.81. The highest BCUT2D eigenvalue weighted by molar-refractivity contribution is 5.24. The predicted octanol–water partition coefficient (Wildman–Crippen LogP) is 3.45. The molecule has 1 fully saturated rings. The molecule has 0 amide bonds. The summed E-state index contributed by atoms with van der Waals surface area (Å²) in [6.45, 7) is 1.01. The van der Waals surface area contributed by atoms with E-state index in [-0.39, 0.29) is 18.2 Å². The highest BCUT2D eigenvalue weighted by atomic mass is 19.1. The first kappa shape index (κ1) is 17.6. The molecule has 4 rings (SSSR count). The molecule has 0 saturated carbocycles. The van der Waals surface area contributed by atoms with Crippen molar-refractivity contribution in [2.24, 2.45) is 7.05 Å². The predicted molar refractivity (Wildman–Crippen MR) is 94.7 cm³/mol. The van der Waals surface area contributed by atoms with Crippen molar-refractivity contribution in [3.63, 3.8) is 0 Å². The van der Waals surface area contributed by atoms with Gasteiger partial charge in [-0.3, -0.25) is 4.90 Å². The zero-order valence-electron chi connectivity index (χ0n) is 15.1. The van der Waals surface area contributed by atoms with E-state index in [0.717, 1.165) is 38.1 Å². The summed E-state index contributed by atoms with van der Waals surface area (Å²) in [5.41, 5.74) is 2.28. The lowest BCUT2D eigenvalue weighted by atomic mass is 10.0. The molecule has 1 saturated heterocycles. The van der Waals surface area contributed by atoms with E-state index in [9.17, 15) is 13.9 Å². The fraction of sp³-hybridized carbons (Fsp3) is 0.550. The molecule has 1 aliphatic heterocycles. The lowest BCUT2D eigenvalue weighted by Crippen LogP contribution is -2.30. The molecule has 26 heavy (non-hydrogen) atoms. The normalized spacial score (nSPS) is 21.8. The Morgan fingerprint density at radius 1 is 1.19 bits per heavy atom. The molecule has 1 aromatic carbocycles. The first-order chi connectivity index (χ1) is 12.6. The van der Waals surface area contributed by atoms with Crippen molar-refractivity contribution >= 4 is 0 Å². The zero-order chi connectivity index (χ0) is 18.3. The van der Waals surface area contributed by atoms with E-state index in [1.165, 1.54) is 42.4 Å². The Morgan fingerprint density at radius 3 is 2.65 bits per heavy atom. The highest BCUT2D eigenvalue weighted by Crippen LogP contribution is 2.35. The van der Waals surface area contributed by atoms with Crippen LogP contribution in [0.4, 0.5) is 8.78 Å². The quantitative estimate of drug-likeness (QED) is 0.907. The van der Waals surface area contributed by atoms with E-state index in [1.54, 1.807) is 0 Å². The molecule has 0 spiro atoms. The van der Waals surface area contributed by atoms with Crippen LogP contribution in [0.2, 0.25) is 0 Å². The molecular formula is C20H25F2N3O. The second-order valence-electron chi connectivity index (χ2n) is 7.43. The highest BCUT2D eigenvalue weighted by Gasteiger charge is 2.33. The number of β-amino-alcohol motifs (C(OH)–C–C–N with tert-alkyl or cyclic N) is 1.